The van der Waals surface area contributed by atoms with E-state index in [-0.39, 0.29) is 5.75 Å². The van der Waals surface area contributed by atoms with Crippen LogP contribution in [0.25, 0.3) is 10.8 Å². The standard InChI is InChI=1S/C14H13N3O2S2/c15-14-17-16-13(20-14)7-8-21(18,19)12-6-5-10-3-1-2-4-11(10)9-12/h1-6,9H,7-8H2,(H2,15,17). The average Bonchev–Trinajstić information content (AvgIpc) is 2.90. The van der Waals surface area contributed by atoms with E-state index >= 15 is 0 Å². The fraction of sp³-hybridized carbons (Fsp3) is 0.143. The van der Waals surface area contributed by atoms with Gasteiger partial charge in [0.15, 0.2) is 9.84 Å². The Balaban J connectivity index is 1.85. The van der Waals surface area contributed by atoms with Gasteiger partial charge in [0.2, 0.25) is 5.13 Å². The lowest BCUT2D eigenvalue weighted by Gasteiger charge is -2.05. The molecule has 7 heteroatoms. The van der Waals surface area contributed by atoms with Crippen LogP contribution in [0.15, 0.2) is 47.4 Å². The topological polar surface area (TPSA) is 85.9 Å². The molecule has 2 aromatic carbocycles. The number of rotatable bonds is 4. The summed E-state index contributed by atoms with van der Waals surface area (Å²) in [6.45, 7) is 0. The normalized spacial score (nSPS) is 11.8. The Bertz CT molecular complexity index is 888. The van der Waals surface area contributed by atoms with Crippen molar-refractivity contribution in [1.82, 2.24) is 10.2 Å². The predicted molar refractivity (Wildman–Crippen MR) is 84.0 cm³/mol. The van der Waals surface area contributed by atoms with Crippen molar-refractivity contribution in [3.63, 3.8) is 0 Å². The number of anilines is 1. The largest absolute Gasteiger partial charge is 0.374 e. The van der Waals surface area contributed by atoms with Gasteiger partial charge >= 0.3 is 0 Å². The molecule has 0 saturated heterocycles. The number of sulfone groups is 1. The number of nitrogens with zero attached hydrogens (tertiary/aromatic N) is 2. The fourth-order valence-corrected chi connectivity index (χ4v) is 4.09. The van der Waals surface area contributed by atoms with Gasteiger partial charge in [-0.15, -0.1) is 10.2 Å². The fourth-order valence-electron chi connectivity index (χ4n) is 2.07. The zero-order valence-corrected chi connectivity index (χ0v) is 12.7. The minimum absolute atomic E-state index is 0.0000262. The molecule has 0 aliphatic rings. The first-order valence-electron chi connectivity index (χ1n) is 6.34. The molecule has 0 saturated carbocycles. The second-order valence-corrected chi connectivity index (χ2v) is 7.81. The van der Waals surface area contributed by atoms with Gasteiger partial charge in [-0.25, -0.2) is 8.42 Å². The molecular formula is C14H13N3O2S2. The van der Waals surface area contributed by atoms with Crippen LogP contribution in [0, 0.1) is 0 Å². The van der Waals surface area contributed by atoms with Gasteiger partial charge in [-0.1, -0.05) is 41.7 Å². The molecule has 0 bridgehead atoms. The third-order valence-corrected chi connectivity index (χ3v) is 5.67. The molecule has 108 valence electrons. The number of aryl methyl sites for hydroxylation is 1. The highest BCUT2D eigenvalue weighted by Crippen LogP contribution is 2.21. The van der Waals surface area contributed by atoms with E-state index in [9.17, 15) is 8.42 Å². The lowest BCUT2D eigenvalue weighted by Crippen LogP contribution is -2.09. The average molecular weight is 319 g/mol. The van der Waals surface area contributed by atoms with Gasteiger partial charge in [0.05, 0.1) is 10.6 Å². The van der Waals surface area contributed by atoms with Crippen molar-refractivity contribution in [2.24, 2.45) is 0 Å². The number of nitrogen functional groups attached to an aromatic ring is 1. The zero-order chi connectivity index (χ0) is 14.9. The molecule has 3 rings (SSSR count). The smallest absolute Gasteiger partial charge is 0.203 e. The minimum Gasteiger partial charge on any atom is -0.374 e. The zero-order valence-electron chi connectivity index (χ0n) is 11.1. The lowest BCUT2D eigenvalue weighted by molar-refractivity contribution is 0.595. The summed E-state index contributed by atoms with van der Waals surface area (Å²) >= 11 is 1.22. The summed E-state index contributed by atoms with van der Waals surface area (Å²) in [5, 5.41) is 10.5. The van der Waals surface area contributed by atoms with Gasteiger partial charge in [0.1, 0.15) is 5.01 Å². The van der Waals surface area contributed by atoms with Crippen molar-refractivity contribution < 1.29 is 8.42 Å². The first-order chi connectivity index (χ1) is 10.0. The molecule has 0 aliphatic heterocycles. The van der Waals surface area contributed by atoms with E-state index in [1.165, 1.54) is 11.3 Å². The van der Waals surface area contributed by atoms with Crippen LogP contribution in [0.1, 0.15) is 5.01 Å². The third-order valence-electron chi connectivity index (χ3n) is 3.15. The lowest BCUT2D eigenvalue weighted by atomic mass is 10.1. The second kappa shape index (κ2) is 5.42. The van der Waals surface area contributed by atoms with Crippen molar-refractivity contribution in [3.8, 4) is 0 Å². The van der Waals surface area contributed by atoms with E-state index in [1.807, 2.05) is 30.3 Å². The van der Waals surface area contributed by atoms with Crippen LogP contribution >= 0.6 is 11.3 Å². The van der Waals surface area contributed by atoms with Crippen LogP contribution in [-0.2, 0) is 16.3 Å². The van der Waals surface area contributed by atoms with Crippen LogP contribution in [0.4, 0.5) is 5.13 Å². The van der Waals surface area contributed by atoms with Crippen LogP contribution in [0.3, 0.4) is 0 Å². The van der Waals surface area contributed by atoms with E-state index in [0.717, 1.165) is 10.8 Å². The highest BCUT2D eigenvalue weighted by molar-refractivity contribution is 7.91. The highest BCUT2D eigenvalue weighted by Gasteiger charge is 2.16. The number of benzene rings is 2. The summed E-state index contributed by atoms with van der Waals surface area (Å²) in [6.07, 6.45) is 0.323. The van der Waals surface area contributed by atoms with Crippen molar-refractivity contribution in [1.29, 1.82) is 0 Å². The van der Waals surface area contributed by atoms with Crippen LogP contribution in [-0.4, -0.2) is 24.4 Å². The van der Waals surface area contributed by atoms with E-state index in [1.54, 1.807) is 12.1 Å². The molecule has 0 fully saturated rings. The molecule has 3 aromatic rings. The summed E-state index contributed by atoms with van der Waals surface area (Å²) in [5.74, 6) is -0.0000262. The summed E-state index contributed by atoms with van der Waals surface area (Å²) in [5.41, 5.74) is 5.49. The van der Waals surface area contributed by atoms with Gasteiger partial charge < -0.3 is 5.73 Å². The van der Waals surface area contributed by atoms with Crippen molar-refractivity contribution in [2.45, 2.75) is 11.3 Å². The minimum atomic E-state index is -3.34. The number of nitrogens with two attached hydrogens (primary N) is 1. The maximum absolute atomic E-state index is 12.4. The molecular weight excluding hydrogens is 306 g/mol. The van der Waals surface area contributed by atoms with Gasteiger partial charge in [-0.3, -0.25) is 0 Å². The molecule has 0 unspecified atom stereocenters. The Labute approximate surface area is 126 Å². The number of hydrogen-bond acceptors (Lipinski definition) is 6. The van der Waals surface area contributed by atoms with Crippen molar-refractivity contribution in [3.05, 3.63) is 47.5 Å². The Morgan fingerprint density at radius 1 is 1.05 bits per heavy atom. The number of hydrogen-bond donors (Lipinski definition) is 1. The molecule has 5 nitrogen and oxygen atoms in total. The Hall–Kier alpha value is -1.99. The molecule has 1 aromatic heterocycles. The second-order valence-electron chi connectivity index (χ2n) is 4.61. The SMILES string of the molecule is Nc1nnc(CCS(=O)(=O)c2ccc3ccccc3c2)s1. The Morgan fingerprint density at radius 3 is 2.52 bits per heavy atom. The third kappa shape index (κ3) is 3.03. The van der Waals surface area contributed by atoms with Gasteiger partial charge in [-0.2, -0.15) is 0 Å². The Kier molecular flexibility index (Phi) is 3.60. The van der Waals surface area contributed by atoms with Gasteiger partial charge in [-0.05, 0) is 22.9 Å². The molecule has 21 heavy (non-hydrogen) atoms. The monoisotopic (exact) mass is 319 g/mol. The summed E-state index contributed by atoms with van der Waals surface area (Å²) in [6, 6.07) is 12.9. The first kappa shape index (κ1) is 14.0. The van der Waals surface area contributed by atoms with E-state index < -0.39 is 9.84 Å². The van der Waals surface area contributed by atoms with Crippen LogP contribution in [0.2, 0.25) is 0 Å². The van der Waals surface area contributed by atoms with E-state index in [4.69, 9.17) is 5.73 Å². The predicted octanol–water partition coefficient (Wildman–Crippen LogP) is 2.29. The summed E-state index contributed by atoms with van der Waals surface area (Å²) < 4.78 is 24.8. The van der Waals surface area contributed by atoms with Crippen molar-refractivity contribution in [2.75, 3.05) is 11.5 Å². The van der Waals surface area contributed by atoms with Gasteiger partial charge in [0.25, 0.3) is 0 Å². The molecule has 0 amide bonds. The molecule has 1 heterocycles. The number of fused-ring (bicyclic) bond motifs is 1. The molecule has 0 aliphatic carbocycles. The molecule has 0 atom stereocenters. The summed E-state index contributed by atoms with van der Waals surface area (Å²) in [4.78, 5) is 0.332. The van der Waals surface area contributed by atoms with E-state index in [0.29, 0.717) is 21.5 Å². The maximum Gasteiger partial charge on any atom is 0.203 e. The molecule has 0 radical (unpaired) electrons. The Morgan fingerprint density at radius 2 is 1.81 bits per heavy atom. The highest BCUT2D eigenvalue weighted by atomic mass is 32.2. The van der Waals surface area contributed by atoms with Crippen molar-refractivity contribution >= 4 is 37.1 Å². The van der Waals surface area contributed by atoms with E-state index in [2.05, 4.69) is 10.2 Å². The quantitative estimate of drug-likeness (QED) is 0.797. The summed E-state index contributed by atoms with van der Waals surface area (Å²) in [7, 11) is -3.34. The maximum atomic E-state index is 12.4. The number of aromatic nitrogens is 2. The van der Waals surface area contributed by atoms with Gasteiger partial charge in [0, 0.05) is 6.42 Å². The molecule has 2 N–H and O–H groups in total. The van der Waals surface area contributed by atoms with Crippen LogP contribution < -0.4 is 5.73 Å². The molecule has 0 spiro atoms. The first-order valence-corrected chi connectivity index (χ1v) is 8.81. The van der Waals surface area contributed by atoms with Crippen LogP contribution in [0.5, 0.6) is 0 Å².